The molecule has 188 valence electrons. The summed E-state index contributed by atoms with van der Waals surface area (Å²) in [5.74, 6) is -1.61. The Morgan fingerprint density at radius 3 is 2.37 bits per heavy atom. The van der Waals surface area contributed by atoms with Crippen molar-refractivity contribution >= 4 is 40.1 Å². The van der Waals surface area contributed by atoms with Crippen molar-refractivity contribution in [1.82, 2.24) is 8.75 Å². The first kappa shape index (κ1) is 28.0. The molecule has 0 aliphatic heterocycles. The number of allylic oxidation sites excluding steroid dienone is 1. The quantitative estimate of drug-likeness (QED) is 0.198. The van der Waals surface area contributed by atoms with E-state index in [2.05, 4.69) is 8.75 Å². The van der Waals surface area contributed by atoms with Gasteiger partial charge in [0.1, 0.15) is 17.6 Å². The van der Waals surface area contributed by atoms with Gasteiger partial charge >= 0.3 is 29.6 Å². The van der Waals surface area contributed by atoms with E-state index in [0.29, 0.717) is 23.0 Å². The standard InChI is InChI=1S/C29H26N2O5S.Na/c32-25-16-21(11-13-26(25)36-17-19-8-2-1-3-9-19)28(33)22(14-18-6-4-5-7-18)27(29(34)35)20-10-12-23-24(15-20)31-37-30-23;/h1-3,8-13,15-16,18,32H,4-7,14,17H2,(H,34,35);/q;+1/p-1. The molecule has 1 N–H and O–H groups in total. The van der Waals surface area contributed by atoms with Crippen LogP contribution in [0.2, 0.25) is 0 Å². The minimum Gasteiger partial charge on any atom is -0.545 e. The Morgan fingerprint density at radius 1 is 0.947 bits per heavy atom. The molecule has 0 unspecified atom stereocenters. The number of nitrogens with zero attached hydrogens (tertiary/aromatic N) is 2. The summed E-state index contributed by atoms with van der Waals surface area (Å²) in [5, 5.41) is 23.1. The van der Waals surface area contributed by atoms with Crippen LogP contribution in [-0.4, -0.2) is 25.6 Å². The normalized spacial score (nSPS) is 14.1. The number of carboxylic acid groups (broad SMARTS) is 1. The summed E-state index contributed by atoms with van der Waals surface area (Å²) in [5.41, 5.74) is 2.73. The van der Waals surface area contributed by atoms with E-state index in [1.165, 1.54) is 12.1 Å². The van der Waals surface area contributed by atoms with Crippen LogP contribution in [-0.2, 0) is 11.4 Å². The van der Waals surface area contributed by atoms with E-state index in [1.807, 2.05) is 30.3 Å². The fraction of sp³-hybridized carbons (Fsp3) is 0.241. The molecule has 9 heteroatoms. The minimum atomic E-state index is -1.42. The zero-order valence-corrected chi connectivity index (χ0v) is 23.9. The second kappa shape index (κ2) is 12.7. The van der Waals surface area contributed by atoms with Crippen LogP contribution in [0, 0.1) is 5.92 Å². The number of carbonyl (C=O) groups excluding carboxylic acids is 2. The molecule has 5 rings (SSSR count). The van der Waals surface area contributed by atoms with E-state index in [9.17, 15) is 19.8 Å². The number of ketones is 1. The van der Waals surface area contributed by atoms with E-state index in [4.69, 9.17) is 4.74 Å². The molecule has 1 aromatic heterocycles. The van der Waals surface area contributed by atoms with E-state index in [-0.39, 0.29) is 70.3 Å². The largest absolute Gasteiger partial charge is 1.00 e. The van der Waals surface area contributed by atoms with Gasteiger partial charge in [-0.3, -0.25) is 4.79 Å². The molecule has 1 aliphatic carbocycles. The molecule has 0 saturated heterocycles. The van der Waals surface area contributed by atoms with Crippen molar-refractivity contribution < 1.29 is 54.1 Å². The van der Waals surface area contributed by atoms with Gasteiger partial charge in [0.2, 0.25) is 0 Å². The summed E-state index contributed by atoms with van der Waals surface area (Å²) in [6.07, 6.45) is 4.30. The Hall–Kier alpha value is -3.04. The van der Waals surface area contributed by atoms with Gasteiger partial charge < -0.3 is 19.7 Å². The summed E-state index contributed by atoms with van der Waals surface area (Å²) in [7, 11) is 0. The first-order chi connectivity index (χ1) is 18.0. The number of phenolic OH excluding ortho intramolecular Hbond substituents is 1. The molecule has 0 radical (unpaired) electrons. The zero-order chi connectivity index (χ0) is 25.8. The van der Waals surface area contributed by atoms with Gasteiger partial charge in [-0.15, -0.1) is 0 Å². The number of aromatic nitrogens is 2. The van der Waals surface area contributed by atoms with E-state index >= 15 is 0 Å². The molecule has 0 amide bonds. The number of benzene rings is 3. The van der Waals surface area contributed by atoms with Crippen LogP contribution in [0.4, 0.5) is 0 Å². The van der Waals surface area contributed by atoms with Crippen molar-refractivity contribution in [3.63, 3.8) is 0 Å². The van der Waals surface area contributed by atoms with Crippen LogP contribution < -0.4 is 39.4 Å². The minimum absolute atomic E-state index is 0. The Bertz CT molecular complexity index is 1480. The fourth-order valence-corrected chi connectivity index (χ4v) is 5.37. The number of hydrogen-bond acceptors (Lipinski definition) is 8. The Balaban J connectivity index is 0.00000336. The van der Waals surface area contributed by atoms with Crippen LogP contribution in [0.1, 0.15) is 53.6 Å². The second-order valence-electron chi connectivity index (χ2n) is 9.25. The van der Waals surface area contributed by atoms with E-state index < -0.39 is 11.8 Å². The number of fused-ring (bicyclic) bond motifs is 1. The summed E-state index contributed by atoms with van der Waals surface area (Å²) in [6, 6.07) is 18.9. The molecular formula is C29H25N2NaO5S. The fourth-order valence-electron chi connectivity index (χ4n) is 4.85. The summed E-state index contributed by atoms with van der Waals surface area (Å²) >= 11 is 1.04. The third kappa shape index (κ3) is 6.32. The molecule has 1 heterocycles. The van der Waals surface area contributed by atoms with Gasteiger partial charge in [-0.05, 0) is 53.8 Å². The predicted molar refractivity (Wildman–Crippen MR) is 139 cm³/mol. The van der Waals surface area contributed by atoms with Gasteiger partial charge in [0.15, 0.2) is 17.3 Å². The maximum Gasteiger partial charge on any atom is 1.00 e. The van der Waals surface area contributed by atoms with Gasteiger partial charge in [-0.1, -0.05) is 62.1 Å². The first-order valence-corrected chi connectivity index (χ1v) is 12.9. The number of ether oxygens (including phenoxy) is 1. The predicted octanol–water partition coefficient (Wildman–Crippen LogP) is 1.95. The average molecular weight is 537 g/mol. The van der Waals surface area contributed by atoms with Crippen LogP contribution in [0.25, 0.3) is 16.6 Å². The average Bonchev–Trinajstić information content (AvgIpc) is 3.59. The monoisotopic (exact) mass is 536 g/mol. The van der Waals surface area contributed by atoms with Crippen molar-refractivity contribution in [2.45, 2.75) is 38.7 Å². The number of hydrogen-bond donors (Lipinski definition) is 1. The number of aliphatic carboxylic acids is 1. The SMILES string of the molecule is O=C([O-])C(=C(CC1CCCC1)C(=O)c1ccc(OCc2ccccc2)c(O)c1)c1ccc2nsnc2c1.[Na+]. The van der Waals surface area contributed by atoms with Gasteiger partial charge in [-0.25, -0.2) is 0 Å². The molecule has 1 saturated carbocycles. The van der Waals surface area contributed by atoms with Crippen LogP contribution in [0.5, 0.6) is 11.5 Å². The number of phenols is 1. The molecule has 38 heavy (non-hydrogen) atoms. The number of rotatable bonds is 9. The maximum absolute atomic E-state index is 13.8. The number of Topliss-reactive ketones (excluding diaryl/α,β-unsaturated/α-hetero) is 1. The number of aromatic hydroxyl groups is 1. The van der Waals surface area contributed by atoms with Crippen molar-refractivity contribution in [1.29, 1.82) is 0 Å². The van der Waals surface area contributed by atoms with Crippen molar-refractivity contribution in [2.24, 2.45) is 5.92 Å². The van der Waals surface area contributed by atoms with Crippen molar-refractivity contribution in [3.8, 4) is 11.5 Å². The molecule has 1 fully saturated rings. The third-order valence-corrected chi connectivity index (χ3v) is 7.30. The Kier molecular flexibility index (Phi) is 9.33. The second-order valence-corrected chi connectivity index (χ2v) is 9.78. The van der Waals surface area contributed by atoms with Crippen molar-refractivity contribution in [2.75, 3.05) is 0 Å². The number of carbonyl (C=O) groups is 2. The molecule has 1 aliphatic rings. The van der Waals surface area contributed by atoms with Gasteiger partial charge in [-0.2, -0.15) is 8.75 Å². The van der Waals surface area contributed by atoms with E-state index in [0.717, 1.165) is 43.0 Å². The van der Waals surface area contributed by atoms with Crippen LogP contribution in [0.15, 0.2) is 72.3 Å². The van der Waals surface area contributed by atoms with Crippen LogP contribution in [0.3, 0.4) is 0 Å². The molecular weight excluding hydrogens is 511 g/mol. The summed E-state index contributed by atoms with van der Waals surface area (Å²) < 4.78 is 14.1. The zero-order valence-electron chi connectivity index (χ0n) is 21.1. The third-order valence-electron chi connectivity index (χ3n) is 6.75. The summed E-state index contributed by atoms with van der Waals surface area (Å²) in [6.45, 7) is 0.261. The molecule has 0 spiro atoms. The molecule has 0 bridgehead atoms. The van der Waals surface area contributed by atoms with Gasteiger partial charge in [0.25, 0.3) is 0 Å². The van der Waals surface area contributed by atoms with Gasteiger partial charge in [0.05, 0.1) is 17.7 Å². The molecule has 3 aromatic carbocycles. The first-order valence-electron chi connectivity index (χ1n) is 12.2. The van der Waals surface area contributed by atoms with Gasteiger partial charge in [0, 0.05) is 16.7 Å². The molecule has 7 nitrogen and oxygen atoms in total. The summed E-state index contributed by atoms with van der Waals surface area (Å²) in [4.78, 5) is 26.2. The molecule has 4 aromatic rings. The Labute approximate surface area is 246 Å². The van der Waals surface area contributed by atoms with E-state index in [1.54, 1.807) is 24.3 Å². The van der Waals surface area contributed by atoms with Crippen molar-refractivity contribution in [3.05, 3.63) is 89.0 Å². The maximum atomic E-state index is 13.8. The smallest absolute Gasteiger partial charge is 0.545 e. The Morgan fingerprint density at radius 2 is 1.66 bits per heavy atom. The van der Waals surface area contributed by atoms with Crippen LogP contribution >= 0.6 is 11.7 Å². The molecule has 0 atom stereocenters. The topological polar surface area (TPSA) is 112 Å². The number of carboxylic acids is 1.